The van der Waals surface area contributed by atoms with E-state index < -0.39 is 0 Å². The second kappa shape index (κ2) is 6.35. The Hall–Kier alpha value is -1.63. The monoisotopic (exact) mass is 333 g/mol. The molecule has 0 saturated heterocycles. The number of aryl methyl sites for hydroxylation is 1. The molecule has 2 aliphatic carbocycles. The van der Waals surface area contributed by atoms with Crippen LogP contribution in [0, 0.1) is 5.41 Å². The molecule has 24 heavy (non-hydrogen) atoms. The number of carbonyl (C=O) groups is 1. The van der Waals surface area contributed by atoms with Crippen molar-refractivity contribution in [2.45, 2.75) is 77.1 Å². The summed E-state index contributed by atoms with van der Waals surface area (Å²) in [6, 6.07) is 0.136. The fraction of sp³-hybridized carbons (Fsp3) is 0.824. The number of amides is 2. The zero-order chi connectivity index (χ0) is 16.6. The third-order valence-corrected chi connectivity index (χ3v) is 6.09. The van der Waals surface area contributed by atoms with Crippen LogP contribution in [0.5, 0.6) is 0 Å². The minimum absolute atomic E-state index is 0.100. The van der Waals surface area contributed by atoms with Gasteiger partial charge in [-0.15, -0.1) is 10.2 Å². The highest BCUT2D eigenvalue weighted by Crippen LogP contribution is 2.54. The lowest BCUT2D eigenvalue weighted by Gasteiger charge is -2.53. The molecule has 2 heterocycles. The molecule has 1 aromatic heterocycles. The maximum atomic E-state index is 12.3. The van der Waals surface area contributed by atoms with Gasteiger partial charge in [0.2, 0.25) is 0 Å². The molecule has 2 unspecified atom stereocenters. The van der Waals surface area contributed by atoms with Crippen molar-refractivity contribution in [1.82, 2.24) is 25.4 Å². The maximum Gasteiger partial charge on any atom is 0.315 e. The van der Waals surface area contributed by atoms with Crippen LogP contribution in [0.15, 0.2) is 0 Å². The molecular formula is C17H27N5O2. The van der Waals surface area contributed by atoms with E-state index in [-0.39, 0.29) is 17.5 Å². The van der Waals surface area contributed by atoms with Crippen LogP contribution in [0.25, 0.3) is 0 Å². The van der Waals surface area contributed by atoms with Crippen LogP contribution < -0.4 is 10.6 Å². The van der Waals surface area contributed by atoms with E-state index in [1.54, 1.807) is 0 Å². The van der Waals surface area contributed by atoms with Crippen LogP contribution in [-0.2, 0) is 24.2 Å². The van der Waals surface area contributed by atoms with Crippen molar-refractivity contribution in [3.8, 4) is 0 Å². The van der Waals surface area contributed by atoms with E-state index in [0.717, 1.165) is 44.1 Å². The van der Waals surface area contributed by atoms with Gasteiger partial charge < -0.3 is 19.9 Å². The van der Waals surface area contributed by atoms with Gasteiger partial charge in [-0.3, -0.25) is 0 Å². The molecule has 0 bridgehead atoms. The summed E-state index contributed by atoms with van der Waals surface area (Å²) < 4.78 is 8.02. The predicted octanol–water partition coefficient (Wildman–Crippen LogP) is 1.76. The Morgan fingerprint density at radius 3 is 2.96 bits per heavy atom. The normalized spacial score (nSPS) is 27.0. The van der Waals surface area contributed by atoms with Crippen molar-refractivity contribution in [2.75, 3.05) is 6.61 Å². The number of rotatable bonds is 5. The Balaban J connectivity index is 1.31. The Bertz CT molecular complexity index is 608. The van der Waals surface area contributed by atoms with Gasteiger partial charge in [-0.25, -0.2) is 4.79 Å². The van der Waals surface area contributed by atoms with E-state index in [1.165, 1.54) is 25.7 Å². The molecule has 2 N–H and O–H groups in total. The SMILES string of the molecule is CCOC1CC(NC(=O)NCc2nnc3n2CCC3)C12CCCC2. The lowest BCUT2D eigenvalue weighted by Crippen LogP contribution is -2.64. The van der Waals surface area contributed by atoms with Crippen molar-refractivity contribution in [2.24, 2.45) is 5.41 Å². The van der Waals surface area contributed by atoms with Crippen LogP contribution in [0.4, 0.5) is 4.79 Å². The summed E-state index contributed by atoms with van der Waals surface area (Å²) in [6.45, 7) is 4.20. The van der Waals surface area contributed by atoms with Gasteiger partial charge >= 0.3 is 6.03 Å². The zero-order valence-electron chi connectivity index (χ0n) is 14.4. The fourth-order valence-corrected chi connectivity index (χ4v) is 4.80. The number of urea groups is 1. The molecule has 4 rings (SSSR count). The van der Waals surface area contributed by atoms with Gasteiger partial charge in [0.15, 0.2) is 5.82 Å². The lowest BCUT2D eigenvalue weighted by molar-refractivity contribution is -0.126. The number of fused-ring (bicyclic) bond motifs is 1. The lowest BCUT2D eigenvalue weighted by atomic mass is 9.60. The molecule has 1 aliphatic heterocycles. The van der Waals surface area contributed by atoms with Gasteiger partial charge in [-0.1, -0.05) is 12.8 Å². The molecule has 1 spiro atoms. The summed E-state index contributed by atoms with van der Waals surface area (Å²) in [5.74, 6) is 1.89. The van der Waals surface area contributed by atoms with Crippen molar-refractivity contribution >= 4 is 6.03 Å². The van der Waals surface area contributed by atoms with Crippen LogP contribution in [0.3, 0.4) is 0 Å². The highest BCUT2D eigenvalue weighted by Gasteiger charge is 2.57. The summed E-state index contributed by atoms with van der Waals surface area (Å²) in [5, 5.41) is 14.5. The third kappa shape index (κ3) is 2.59. The topological polar surface area (TPSA) is 81.1 Å². The molecule has 7 heteroatoms. The van der Waals surface area contributed by atoms with Crippen LogP contribution >= 0.6 is 0 Å². The van der Waals surface area contributed by atoms with Crippen LogP contribution in [0.1, 0.15) is 57.1 Å². The van der Waals surface area contributed by atoms with E-state index in [0.29, 0.717) is 12.6 Å². The quantitative estimate of drug-likeness (QED) is 0.860. The van der Waals surface area contributed by atoms with E-state index in [4.69, 9.17) is 4.74 Å². The molecule has 3 aliphatic rings. The summed E-state index contributed by atoms with van der Waals surface area (Å²) in [4.78, 5) is 12.3. The molecule has 132 valence electrons. The van der Waals surface area contributed by atoms with Crippen molar-refractivity contribution in [3.63, 3.8) is 0 Å². The van der Waals surface area contributed by atoms with Gasteiger partial charge in [0, 0.05) is 31.0 Å². The molecule has 7 nitrogen and oxygen atoms in total. The minimum Gasteiger partial charge on any atom is -0.378 e. The van der Waals surface area contributed by atoms with Gasteiger partial charge in [-0.05, 0) is 32.6 Å². The second-order valence-electron chi connectivity index (χ2n) is 7.29. The highest BCUT2D eigenvalue weighted by atomic mass is 16.5. The zero-order valence-corrected chi connectivity index (χ0v) is 14.4. The molecule has 2 atom stereocenters. The summed E-state index contributed by atoms with van der Waals surface area (Å²) in [6.07, 6.45) is 8.18. The molecular weight excluding hydrogens is 306 g/mol. The van der Waals surface area contributed by atoms with E-state index in [2.05, 4.69) is 25.4 Å². The number of hydrogen-bond acceptors (Lipinski definition) is 4. The number of hydrogen-bond donors (Lipinski definition) is 2. The summed E-state index contributed by atoms with van der Waals surface area (Å²) in [7, 11) is 0. The molecule has 0 aromatic carbocycles. The summed E-state index contributed by atoms with van der Waals surface area (Å²) in [5.41, 5.74) is 0.170. The number of carbonyl (C=O) groups excluding carboxylic acids is 1. The van der Waals surface area contributed by atoms with Crippen LogP contribution in [-0.4, -0.2) is 39.5 Å². The first-order chi connectivity index (χ1) is 11.7. The van der Waals surface area contributed by atoms with Gasteiger partial charge in [0.05, 0.1) is 12.6 Å². The molecule has 2 saturated carbocycles. The Labute approximate surface area is 142 Å². The Kier molecular flexibility index (Phi) is 4.20. The standard InChI is InChI=1S/C17H27N5O2/c1-2-24-13-10-12(17(13)7-3-4-8-17)19-16(23)18-11-15-21-20-14-6-5-9-22(14)15/h12-13H,2-11H2,1H3,(H2,18,19,23). The smallest absolute Gasteiger partial charge is 0.315 e. The second-order valence-corrected chi connectivity index (χ2v) is 7.29. The van der Waals surface area contributed by atoms with E-state index in [9.17, 15) is 4.79 Å². The van der Waals surface area contributed by atoms with E-state index in [1.807, 2.05) is 6.92 Å². The number of nitrogens with one attached hydrogen (secondary N) is 2. The minimum atomic E-state index is -0.100. The third-order valence-electron chi connectivity index (χ3n) is 6.09. The van der Waals surface area contributed by atoms with Crippen molar-refractivity contribution < 1.29 is 9.53 Å². The average Bonchev–Trinajstić information content (AvgIpc) is 3.29. The molecule has 1 aromatic rings. The number of nitrogens with zero attached hydrogens (tertiary/aromatic N) is 3. The van der Waals surface area contributed by atoms with Crippen LogP contribution in [0.2, 0.25) is 0 Å². The first kappa shape index (κ1) is 15.9. The van der Waals surface area contributed by atoms with E-state index >= 15 is 0 Å². The molecule has 2 amide bonds. The van der Waals surface area contributed by atoms with Gasteiger partial charge in [-0.2, -0.15) is 0 Å². The van der Waals surface area contributed by atoms with Crippen molar-refractivity contribution in [1.29, 1.82) is 0 Å². The van der Waals surface area contributed by atoms with Crippen molar-refractivity contribution in [3.05, 3.63) is 11.6 Å². The predicted molar refractivity (Wildman–Crippen MR) is 88.4 cm³/mol. The van der Waals surface area contributed by atoms with Gasteiger partial charge in [0.1, 0.15) is 5.82 Å². The molecule has 2 fully saturated rings. The fourth-order valence-electron chi connectivity index (χ4n) is 4.80. The first-order valence-corrected chi connectivity index (χ1v) is 9.30. The largest absolute Gasteiger partial charge is 0.378 e. The Morgan fingerprint density at radius 2 is 2.17 bits per heavy atom. The number of aromatic nitrogens is 3. The molecule has 0 radical (unpaired) electrons. The van der Waals surface area contributed by atoms with Gasteiger partial charge in [0.25, 0.3) is 0 Å². The highest BCUT2D eigenvalue weighted by molar-refractivity contribution is 5.74. The maximum absolute atomic E-state index is 12.3. The Morgan fingerprint density at radius 1 is 1.33 bits per heavy atom. The average molecular weight is 333 g/mol. The first-order valence-electron chi connectivity index (χ1n) is 9.30. The number of ether oxygens (including phenoxy) is 1. The summed E-state index contributed by atoms with van der Waals surface area (Å²) >= 11 is 0.